The number of aryl methyl sites for hydroxylation is 2. The van der Waals surface area contributed by atoms with Gasteiger partial charge in [0.2, 0.25) is 5.95 Å². The summed E-state index contributed by atoms with van der Waals surface area (Å²) in [7, 11) is 0. The summed E-state index contributed by atoms with van der Waals surface area (Å²) in [5.74, 6) is -0.529. The Balaban J connectivity index is 1.83. The van der Waals surface area contributed by atoms with Crippen LogP contribution in [0.1, 0.15) is 28.0 Å². The fourth-order valence-electron chi connectivity index (χ4n) is 1.90. The van der Waals surface area contributed by atoms with E-state index in [2.05, 4.69) is 27.4 Å². The van der Waals surface area contributed by atoms with Crippen molar-refractivity contribution in [1.82, 2.24) is 9.97 Å². The third kappa shape index (κ3) is 3.78. The van der Waals surface area contributed by atoms with E-state index in [1.54, 1.807) is 6.92 Å². The minimum absolute atomic E-state index is 0.139. The van der Waals surface area contributed by atoms with Crippen LogP contribution in [0, 0.1) is 6.92 Å². The summed E-state index contributed by atoms with van der Waals surface area (Å²) in [6.07, 6.45) is 3.29. The molecule has 0 unspecified atom stereocenters. The number of carboxylic acids is 1. The third-order valence-corrected chi connectivity index (χ3v) is 2.98. The maximum absolute atomic E-state index is 10.8. The topological polar surface area (TPSA) is 75.1 Å². The number of carboxylic acid groups (broad SMARTS) is 1. The second-order valence-electron chi connectivity index (χ2n) is 4.51. The van der Waals surface area contributed by atoms with Crippen LogP contribution in [0.2, 0.25) is 0 Å². The van der Waals surface area contributed by atoms with Crippen molar-refractivity contribution in [2.45, 2.75) is 19.8 Å². The number of anilines is 1. The van der Waals surface area contributed by atoms with E-state index in [0.29, 0.717) is 11.6 Å². The van der Waals surface area contributed by atoms with E-state index in [1.807, 2.05) is 18.2 Å². The Labute approximate surface area is 117 Å². The Morgan fingerprint density at radius 1 is 1.30 bits per heavy atom. The molecule has 0 spiro atoms. The summed E-state index contributed by atoms with van der Waals surface area (Å²) in [5, 5.41) is 12.0. The summed E-state index contributed by atoms with van der Waals surface area (Å²) < 4.78 is 0. The molecule has 2 N–H and O–H groups in total. The lowest BCUT2D eigenvalue weighted by atomic mass is 10.1. The molecule has 0 atom stereocenters. The Bertz CT molecular complexity index is 585. The minimum atomic E-state index is -1.00. The highest BCUT2D eigenvalue weighted by molar-refractivity contribution is 5.88. The fourth-order valence-corrected chi connectivity index (χ4v) is 1.90. The zero-order valence-electron chi connectivity index (χ0n) is 11.3. The normalized spacial score (nSPS) is 10.2. The van der Waals surface area contributed by atoms with Crippen molar-refractivity contribution < 1.29 is 9.90 Å². The smallest absolute Gasteiger partial charge is 0.339 e. The monoisotopic (exact) mass is 271 g/mol. The molecule has 2 rings (SSSR count). The Kier molecular flexibility index (Phi) is 4.65. The molecule has 0 aliphatic heterocycles. The molecule has 1 aromatic heterocycles. The van der Waals surface area contributed by atoms with Crippen molar-refractivity contribution in [3.05, 3.63) is 53.3 Å². The van der Waals surface area contributed by atoms with Gasteiger partial charge in [-0.05, 0) is 25.3 Å². The second-order valence-corrected chi connectivity index (χ2v) is 4.51. The van der Waals surface area contributed by atoms with E-state index in [1.165, 1.54) is 11.8 Å². The van der Waals surface area contributed by atoms with Crippen LogP contribution >= 0.6 is 0 Å². The van der Waals surface area contributed by atoms with Crippen LogP contribution in [0.25, 0.3) is 0 Å². The average Bonchev–Trinajstić information content (AvgIpc) is 2.44. The van der Waals surface area contributed by atoms with E-state index in [-0.39, 0.29) is 5.56 Å². The number of carbonyl (C=O) groups is 1. The van der Waals surface area contributed by atoms with Gasteiger partial charge in [0.1, 0.15) is 0 Å². The van der Waals surface area contributed by atoms with Gasteiger partial charge in [0.15, 0.2) is 0 Å². The van der Waals surface area contributed by atoms with E-state index in [0.717, 1.165) is 19.4 Å². The van der Waals surface area contributed by atoms with Gasteiger partial charge < -0.3 is 10.4 Å². The van der Waals surface area contributed by atoms with Gasteiger partial charge in [0, 0.05) is 12.7 Å². The van der Waals surface area contributed by atoms with E-state index < -0.39 is 5.97 Å². The van der Waals surface area contributed by atoms with Crippen molar-refractivity contribution in [1.29, 1.82) is 0 Å². The Morgan fingerprint density at radius 3 is 2.70 bits per heavy atom. The summed E-state index contributed by atoms with van der Waals surface area (Å²) in [4.78, 5) is 19.0. The number of nitrogens with one attached hydrogen (secondary N) is 1. The maximum Gasteiger partial charge on any atom is 0.339 e. The van der Waals surface area contributed by atoms with Crippen molar-refractivity contribution >= 4 is 11.9 Å². The van der Waals surface area contributed by atoms with Crippen LogP contribution in [-0.4, -0.2) is 27.6 Å². The number of hydrogen-bond donors (Lipinski definition) is 2. The molecule has 104 valence electrons. The van der Waals surface area contributed by atoms with Gasteiger partial charge in [0.05, 0.1) is 11.3 Å². The van der Waals surface area contributed by atoms with Crippen molar-refractivity contribution in [2.24, 2.45) is 0 Å². The second kappa shape index (κ2) is 6.65. The number of aromatic carboxylic acids is 1. The fraction of sp³-hybridized carbons (Fsp3) is 0.267. The molecule has 1 aromatic carbocycles. The lowest BCUT2D eigenvalue weighted by molar-refractivity contribution is 0.0695. The molecule has 5 heteroatoms. The summed E-state index contributed by atoms with van der Waals surface area (Å²) in [6, 6.07) is 10.3. The molecular weight excluding hydrogens is 254 g/mol. The van der Waals surface area contributed by atoms with Crippen LogP contribution in [0.4, 0.5) is 5.95 Å². The van der Waals surface area contributed by atoms with Gasteiger partial charge in [-0.25, -0.2) is 14.8 Å². The molecular formula is C15H17N3O2. The predicted molar refractivity (Wildman–Crippen MR) is 77.0 cm³/mol. The van der Waals surface area contributed by atoms with Gasteiger partial charge in [-0.3, -0.25) is 0 Å². The highest BCUT2D eigenvalue weighted by atomic mass is 16.4. The third-order valence-electron chi connectivity index (χ3n) is 2.98. The number of aromatic nitrogens is 2. The van der Waals surface area contributed by atoms with Crippen LogP contribution in [0.5, 0.6) is 0 Å². The first-order valence-electron chi connectivity index (χ1n) is 6.51. The molecule has 0 saturated carbocycles. The summed E-state index contributed by atoms with van der Waals surface area (Å²) in [6.45, 7) is 2.42. The molecule has 20 heavy (non-hydrogen) atoms. The lowest BCUT2D eigenvalue weighted by Gasteiger charge is -2.06. The quantitative estimate of drug-likeness (QED) is 0.790. The number of rotatable bonds is 6. The first-order chi connectivity index (χ1) is 9.66. The molecule has 0 fully saturated rings. The zero-order chi connectivity index (χ0) is 14.4. The zero-order valence-corrected chi connectivity index (χ0v) is 11.3. The van der Waals surface area contributed by atoms with Gasteiger partial charge in [-0.1, -0.05) is 30.3 Å². The van der Waals surface area contributed by atoms with Gasteiger partial charge in [0.25, 0.3) is 0 Å². The molecule has 0 aliphatic rings. The van der Waals surface area contributed by atoms with Crippen molar-refractivity contribution in [3.63, 3.8) is 0 Å². The molecule has 2 aromatic rings. The summed E-state index contributed by atoms with van der Waals surface area (Å²) in [5.41, 5.74) is 1.91. The first kappa shape index (κ1) is 14.0. The number of hydrogen-bond acceptors (Lipinski definition) is 4. The van der Waals surface area contributed by atoms with E-state index in [4.69, 9.17) is 5.11 Å². The summed E-state index contributed by atoms with van der Waals surface area (Å²) >= 11 is 0. The molecule has 0 amide bonds. The van der Waals surface area contributed by atoms with Crippen molar-refractivity contribution in [3.8, 4) is 0 Å². The van der Waals surface area contributed by atoms with Crippen LogP contribution in [-0.2, 0) is 6.42 Å². The van der Waals surface area contributed by atoms with E-state index >= 15 is 0 Å². The van der Waals surface area contributed by atoms with Gasteiger partial charge in [-0.15, -0.1) is 0 Å². The molecule has 5 nitrogen and oxygen atoms in total. The van der Waals surface area contributed by atoms with E-state index in [9.17, 15) is 4.79 Å². The van der Waals surface area contributed by atoms with Gasteiger partial charge in [-0.2, -0.15) is 0 Å². The highest BCUT2D eigenvalue weighted by Crippen LogP contribution is 2.07. The largest absolute Gasteiger partial charge is 0.478 e. The standard InChI is InChI=1S/C15H17N3O2/c1-11-13(14(19)20)10-17-15(18-11)16-9-5-8-12-6-3-2-4-7-12/h2-4,6-7,10H,5,8-9H2,1H3,(H,19,20)(H,16,17,18). The maximum atomic E-state index is 10.8. The first-order valence-corrected chi connectivity index (χ1v) is 6.51. The average molecular weight is 271 g/mol. The predicted octanol–water partition coefficient (Wildman–Crippen LogP) is 2.53. The lowest BCUT2D eigenvalue weighted by Crippen LogP contribution is -2.10. The Hall–Kier alpha value is -2.43. The highest BCUT2D eigenvalue weighted by Gasteiger charge is 2.09. The van der Waals surface area contributed by atoms with Gasteiger partial charge >= 0.3 is 5.97 Å². The van der Waals surface area contributed by atoms with Crippen molar-refractivity contribution in [2.75, 3.05) is 11.9 Å². The van der Waals surface area contributed by atoms with Crippen LogP contribution in [0.3, 0.4) is 0 Å². The molecule has 0 saturated heterocycles. The molecule has 0 aliphatic carbocycles. The Morgan fingerprint density at radius 2 is 2.05 bits per heavy atom. The van der Waals surface area contributed by atoms with Crippen LogP contribution in [0.15, 0.2) is 36.5 Å². The van der Waals surface area contributed by atoms with Crippen LogP contribution < -0.4 is 5.32 Å². The molecule has 1 heterocycles. The minimum Gasteiger partial charge on any atom is -0.478 e. The molecule has 0 bridgehead atoms. The SMILES string of the molecule is Cc1nc(NCCCc2ccccc2)ncc1C(=O)O. The number of benzene rings is 1. The number of nitrogens with zero attached hydrogens (tertiary/aromatic N) is 2. The molecule has 0 radical (unpaired) electrons.